The van der Waals surface area contributed by atoms with Crippen LogP contribution in [-0.4, -0.2) is 44.0 Å². The van der Waals surface area contributed by atoms with E-state index in [0.717, 1.165) is 11.8 Å². The summed E-state index contributed by atoms with van der Waals surface area (Å²) in [6.07, 6.45) is 1.14. The summed E-state index contributed by atoms with van der Waals surface area (Å²) in [5.74, 6) is 0.797. The first-order valence-corrected chi connectivity index (χ1v) is 7.81. The second-order valence-electron chi connectivity index (χ2n) is 5.11. The summed E-state index contributed by atoms with van der Waals surface area (Å²) < 4.78 is 33.9. The second kappa shape index (κ2) is 3.84. The van der Waals surface area contributed by atoms with Gasteiger partial charge in [0.1, 0.15) is 0 Å². The number of fused-ring (bicyclic) bond motifs is 1. The van der Waals surface area contributed by atoms with Crippen LogP contribution in [0.2, 0.25) is 0 Å². The minimum atomic E-state index is -3.32. The molecule has 0 aromatic heterocycles. The Morgan fingerprint density at radius 2 is 2.11 bits per heavy atom. The first-order chi connectivity index (χ1) is 8.88. The zero-order valence-corrected chi connectivity index (χ0v) is 11.2. The normalized spacial score (nSPS) is 32.4. The quantitative estimate of drug-likeness (QED) is 0.785. The molecule has 1 saturated carbocycles. The number of aliphatic hydroxyl groups is 1. The fourth-order valence-electron chi connectivity index (χ4n) is 2.85. The maximum absolute atomic E-state index is 11.7. The number of hydrogen-bond acceptors (Lipinski definition) is 6. The molecule has 0 saturated heterocycles. The fraction of sp³-hybridized carbons (Fsp3) is 0.500. The molecule has 0 radical (unpaired) electrons. The Hall–Kier alpha value is -1.31. The zero-order chi connectivity index (χ0) is 13.8. The van der Waals surface area contributed by atoms with Gasteiger partial charge in [-0.3, -0.25) is 0 Å². The summed E-state index contributed by atoms with van der Waals surface area (Å²) in [4.78, 5) is 0. The third-order valence-electron chi connectivity index (χ3n) is 3.79. The zero-order valence-electron chi connectivity index (χ0n) is 10.4. The molecule has 2 aliphatic rings. The van der Waals surface area contributed by atoms with Crippen molar-refractivity contribution in [3.8, 4) is 11.5 Å². The van der Waals surface area contributed by atoms with Crippen LogP contribution >= 0.6 is 0 Å². The second-order valence-corrected chi connectivity index (χ2v) is 7.28. The number of aliphatic hydroxyl groups excluding tert-OH is 1. The molecule has 1 aromatic carbocycles. The Morgan fingerprint density at radius 1 is 1.42 bits per heavy atom. The van der Waals surface area contributed by atoms with Crippen LogP contribution < -0.4 is 15.2 Å². The van der Waals surface area contributed by atoms with E-state index in [4.69, 9.17) is 15.2 Å². The molecule has 3 atom stereocenters. The van der Waals surface area contributed by atoms with Gasteiger partial charge in [0, 0.05) is 12.2 Å². The third-order valence-corrected chi connectivity index (χ3v) is 5.43. The molecule has 0 bridgehead atoms. The van der Waals surface area contributed by atoms with Crippen molar-refractivity contribution in [3.05, 3.63) is 23.8 Å². The van der Waals surface area contributed by atoms with Crippen LogP contribution in [-0.2, 0) is 9.84 Å². The number of sulfone groups is 1. The lowest BCUT2D eigenvalue weighted by Gasteiger charge is -2.07. The Balaban J connectivity index is 1.99. The molecule has 7 heteroatoms. The van der Waals surface area contributed by atoms with Crippen molar-refractivity contribution in [2.24, 2.45) is 5.73 Å². The summed E-state index contributed by atoms with van der Waals surface area (Å²) in [5, 5.41) is 8.62. The molecule has 1 aromatic rings. The monoisotopic (exact) mass is 285 g/mol. The summed E-state index contributed by atoms with van der Waals surface area (Å²) in [6.45, 7) is -0.212. The average Bonchev–Trinajstić information content (AvgIpc) is 2.77. The number of rotatable bonds is 3. The minimum Gasteiger partial charge on any atom is -0.454 e. The van der Waals surface area contributed by atoms with Crippen LogP contribution in [0, 0.1) is 0 Å². The molecule has 6 nitrogen and oxygen atoms in total. The highest BCUT2D eigenvalue weighted by atomic mass is 32.2. The average molecular weight is 285 g/mol. The number of nitrogens with two attached hydrogens (primary N) is 1. The Morgan fingerprint density at radius 3 is 2.68 bits per heavy atom. The van der Waals surface area contributed by atoms with Crippen LogP contribution in [0.3, 0.4) is 0 Å². The van der Waals surface area contributed by atoms with Crippen molar-refractivity contribution in [3.63, 3.8) is 0 Å². The maximum Gasteiger partial charge on any atom is 0.231 e. The Kier molecular flexibility index (Phi) is 2.57. The van der Waals surface area contributed by atoms with Crippen molar-refractivity contribution in [2.75, 3.05) is 19.7 Å². The highest BCUT2D eigenvalue weighted by Crippen LogP contribution is 2.54. The predicted octanol–water partition coefficient (Wildman–Crippen LogP) is -0.384. The van der Waals surface area contributed by atoms with Gasteiger partial charge in [0.05, 0.1) is 17.4 Å². The highest BCUT2D eigenvalue weighted by Gasteiger charge is 2.67. The SMILES string of the molecule is CS(=O)(=O)[C@@H]1[C@@H](c2ccc3c(c2)OCO3)[C@@]1(N)CO. The topological polar surface area (TPSA) is 98.9 Å². The van der Waals surface area contributed by atoms with Gasteiger partial charge in [-0.05, 0) is 17.7 Å². The lowest BCUT2D eigenvalue weighted by atomic mass is 10.1. The van der Waals surface area contributed by atoms with E-state index in [1.54, 1.807) is 18.2 Å². The fourth-order valence-corrected chi connectivity index (χ4v) is 4.69. The van der Waals surface area contributed by atoms with Gasteiger partial charge in [-0.2, -0.15) is 0 Å². The van der Waals surface area contributed by atoms with Crippen molar-refractivity contribution < 1.29 is 23.0 Å². The largest absolute Gasteiger partial charge is 0.454 e. The van der Waals surface area contributed by atoms with Crippen LogP contribution in [0.1, 0.15) is 11.5 Å². The molecule has 3 N–H and O–H groups in total. The van der Waals surface area contributed by atoms with E-state index in [9.17, 15) is 13.5 Å². The molecule has 1 heterocycles. The number of ether oxygens (including phenoxy) is 2. The Labute approximate surface area is 111 Å². The molecule has 104 valence electrons. The van der Waals surface area contributed by atoms with Gasteiger partial charge in [-0.15, -0.1) is 0 Å². The summed E-state index contributed by atoms with van der Waals surface area (Å²) >= 11 is 0. The molecule has 1 aliphatic heterocycles. The predicted molar refractivity (Wildman–Crippen MR) is 67.9 cm³/mol. The number of benzene rings is 1. The van der Waals surface area contributed by atoms with Gasteiger partial charge in [0.25, 0.3) is 0 Å². The van der Waals surface area contributed by atoms with E-state index >= 15 is 0 Å². The van der Waals surface area contributed by atoms with E-state index in [1.165, 1.54) is 0 Å². The molecule has 1 fully saturated rings. The van der Waals surface area contributed by atoms with E-state index < -0.39 is 26.5 Å². The van der Waals surface area contributed by atoms with Crippen molar-refractivity contribution in [2.45, 2.75) is 16.7 Å². The van der Waals surface area contributed by atoms with E-state index in [1.807, 2.05) is 0 Å². The minimum absolute atomic E-state index is 0.159. The molecule has 1 aliphatic carbocycles. The van der Waals surface area contributed by atoms with Crippen LogP contribution in [0.5, 0.6) is 11.5 Å². The van der Waals surface area contributed by atoms with Crippen LogP contribution in [0.15, 0.2) is 18.2 Å². The van der Waals surface area contributed by atoms with E-state index in [-0.39, 0.29) is 13.4 Å². The summed E-state index contributed by atoms with van der Waals surface area (Å²) in [7, 11) is -3.32. The number of hydrogen-bond donors (Lipinski definition) is 2. The van der Waals surface area contributed by atoms with E-state index in [0.29, 0.717) is 11.5 Å². The van der Waals surface area contributed by atoms with Crippen molar-refractivity contribution in [1.82, 2.24) is 0 Å². The van der Waals surface area contributed by atoms with Gasteiger partial charge < -0.3 is 20.3 Å². The summed E-state index contributed by atoms with van der Waals surface area (Å²) in [5.41, 5.74) is 5.63. The van der Waals surface area contributed by atoms with E-state index in [2.05, 4.69) is 0 Å². The first kappa shape index (κ1) is 12.7. The standard InChI is InChI=1S/C12H15NO5S/c1-19(15,16)11-10(12(11,13)5-14)7-2-3-8-9(4-7)18-6-17-8/h2-4,10-11,14H,5-6,13H2,1H3/t10-,11-,12+/m1/s1. The molecule has 0 amide bonds. The molecule has 3 rings (SSSR count). The van der Waals surface area contributed by atoms with Gasteiger partial charge in [0.15, 0.2) is 21.3 Å². The van der Waals surface area contributed by atoms with Gasteiger partial charge >= 0.3 is 0 Å². The molecular weight excluding hydrogens is 270 g/mol. The van der Waals surface area contributed by atoms with Crippen molar-refractivity contribution >= 4 is 9.84 Å². The lowest BCUT2D eigenvalue weighted by Crippen LogP contribution is -2.34. The summed E-state index contributed by atoms with van der Waals surface area (Å²) in [6, 6.07) is 5.23. The lowest BCUT2D eigenvalue weighted by molar-refractivity contribution is 0.174. The van der Waals surface area contributed by atoms with Crippen LogP contribution in [0.4, 0.5) is 0 Å². The highest BCUT2D eigenvalue weighted by molar-refractivity contribution is 7.91. The Bertz CT molecular complexity index is 629. The smallest absolute Gasteiger partial charge is 0.231 e. The van der Waals surface area contributed by atoms with Crippen LogP contribution in [0.25, 0.3) is 0 Å². The first-order valence-electron chi connectivity index (χ1n) is 5.86. The van der Waals surface area contributed by atoms with Gasteiger partial charge in [-0.25, -0.2) is 8.42 Å². The van der Waals surface area contributed by atoms with Gasteiger partial charge in [0.2, 0.25) is 6.79 Å². The maximum atomic E-state index is 11.7. The molecular formula is C12H15NO5S. The van der Waals surface area contributed by atoms with Gasteiger partial charge in [-0.1, -0.05) is 6.07 Å². The molecule has 0 unspecified atom stereocenters. The molecule has 0 spiro atoms. The van der Waals surface area contributed by atoms with Crippen molar-refractivity contribution in [1.29, 1.82) is 0 Å². The third kappa shape index (κ3) is 1.80. The molecule has 19 heavy (non-hydrogen) atoms.